The van der Waals surface area contributed by atoms with E-state index in [4.69, 9.17) is 9.72 Å². The van der Waals surface area contributed by atoms with E-state index in [1.54, 1.807) is 28.9 Å². The first-order chi connectivity index (χ1) is 14.3. The Morgan fingerprint density at radius 3 is 2.41 bits per heavy atom. The van der Waals surface area contributed by atoms with E-state index in [1.807, 2.05) is 66.9 Å². The lowest BCUT2D eigenvalue weighted by Gasteiger charge is -2.09. The molecule has 0 spiro atoms. The summed E-state index contributed by atoms with van der Waals surface area (Å²) in [7, 11) is 0. The summed E-state index contributed by atoms with van der Waals surface area (Å²) in [6, 6.07) is 26.1. The van der Waals surface area contributed by atoms with Gasteiger partial charge >= 0.3 is 0 Å². The minimum Gasteiger partial charge on any atom is -0.508 e. The van der Waals surface area contributed by atoms with Gasteiger partial charge in [-0.3, -0.25) is 0 Å². The van der Waals surface area contributed by atoms with Gasteiger partial charge in [0, 0.05) is 5.39 Å². The lowest BCUT2D eigenvalue weighted by atomic mass is 10.1. The standard InChI is InChI=1S/C23H16N4O2/c28-17-11-9-16(10-12-17)27-15-22(25-26-27)21-14-13-19-20(24-21)7-4-8-23(19)29-18-5-2-1-3-6-18/h1-15,28H. The van der Waals surface area contributed by atoms with E-state index in [0.717, 1.165) is 33.8 Å². The molecule has 0 unspecified atom stereocenters. The van der Waals surface area contributed by atoms with E-state index in [0.29, 0.717) is 5.69 Å². The molecule has 0 bridgehead atoms. The second kappa shape index (κ2) is 7.09. The van der Waals surface area contributed by atoms with Crippen molar-refractivity contribution in [2.75, 3.05) is 0 Å². The van der Waals surface area contributed by atoms with Crippen LogP contribution < -0.4 is 4.74 Å². The first-order valence-corrected chi connectivity index (χ1v) is 9.11. The molecule has 0 atom stereocenters. The van der Waals surface area contributed by atoms with Gasteiger partial charge in [0.25, 0.3) is 0 Å². The molecule has 0 aliphatic rings. The molecule has 5 aromatic rings. The van der Waals surface area contributed by atoms with Crippen molar-refractivity contribution in [3.8, 4) is 34.3 Å². The minimum atomic E-state index is 0.207. The largest absolute Gasteiger partial charge is 0.508 e. The smallest absolute Gasteiger partial charge is 0.136 e. The number of pyridine rings is 1. The van der Waals surface area contributed by atoms with Gasteiger partial charge < -0.3 is 9.84 Å². The Labute approximate surface area is 166 Å². The highest BCUT2D eigenvalue weighted by atomic mass is 16.5. The molecule has 0 saturated heterocycles. The molecule has 2 aromatic heterocycles. The van der Waals surface area contributed by atoms with Crippen LogP contribution >= 0.6 is 0 Å². The number of phenolic OH excluding ortho intramolecular Hbond substituents is 1. The van der Waals surface area contributed by atoms with E-state index in [-0.39, 0.29) is 5.75 Å². The summed E-state index contributed by atoms with van der Waals surface area (Å²) in [6.45, 7) is 0. The minimum absolute atomic E-state index is 0.207. The molecule has 2 heterocycles. The monoisotopic (exact) mass is 380 g/mol. The van der Waals surface area contributed by atoms with Crippen molar-refractivity contribution in [1.82, 2.24) is 20.0 Å². The second-order valence-electron chi connectivity index (χ2n) is 6.50. The number of hydrogen-bond donors (Lipinski definition) is 1. The molecular formula is C23H16N4O2. The predicted octanol–water partition coefficient (Wildman–Crippen LogP) is 4.98. The van der Waals surface area contributed by atoms with Crippen molar-refractivity contribution >= 4 is 10.9 Å². The van der Waals surface area contributed by atoms with Crippen molar-refractivity contribution in [2.45, 2.75) is 0 Å². The molecule has 1 N–H and O–H groups in total. The fourth-order valence-electron chi connectivity index (χ4n) is 3.09. The molecule has 0 aliphatic heterocycles. The molecule has 140 valence electrons. The van der Waals surface area contributed by atoms with Crippen LogP contribution in [0.1, 0.15) is 0 Å². The van der Waals surface area contributed by atoms with Crippen LogP contribution in [-0.2, 0) is 0 Å². The van der Waals surface area contributed by atoms with Gasteiger partial charge in [-0.25, -0.2) is 9.67 Å². The lowest BCUT2D eigenvalue weighted by molar-refractivity contribution is 0.475. The fourth-order valence-corrected chi connectivity index (χ4v) is 3.09. The summed E-state index contributed by atoms with van der Waals surface area (Å²) in [5, 5.41) is 18.8. The second-order valence-corrected chi connectivity index (χ2v) is 6.50. The molecule has 0 saturated carbocycles. The zero-order valence-electron chi connectivity index (χ0n) is 15.3. The summed E-state index contributed by atoms with van der Waals surface area (Å²) in [4.78, 5) is 4.73. The third-order valence-electron chi connectivity index (χ3n) is 4.53. The normalized spacial score (nSPS) is 10.9. The zero-order valence-corrected chi connectivity index (χ0v) is 15.3. The maximum atomic E-state index is 9.44. The van der Waals surface area contributed by atoms with Crippen LogP contribution in [0.3, 0.4) is 0 Å². The molecule has 5 rings (SSSR count). The van der Waals surface area contributed by atoms with Gasteiger partial charge in [-0.2, -0.15) is 0 Å². The van der Waals surface area contributed by atoms with E-state index >= 15 is 0 Å². The molecule has 3 aromatic carbocycles. The fraction of sp³-hybridized carbons (Fsp3) is 0. The van der Waals surface area contributed by atoms with Crippen molar-refractivity contribution in [1.29, 1.82) is 0 Å². The molecule has 6 nitrogen and oxygen atoms in total. The summed E-state index contributed by atoms with van der Waals surface area (Å²) in [6.07, 6.45) is 1.81. The van der Waals surface area contributed by atoms with Crippen molar-refractivity contribution in [3.05, 3.63) is 91.1 Å². The van der Waals surface area contributed by atoms with Gasteiger partial charge in [-0.05, 0) is 60.7 Å². The Morgan fingerprint density at radius 2 is 1.59 bits per heavy atom. The van der Waals surface area contributed by atoms with Crippen LogP contribution in [-0.4, -0.2) is 25.1 Å². The van der Waals surface area contributed by atoms with Crippen molar-refractivity contribution < 1.29 is 9.84 Å². The molecule has 0 radical (unpaired) electrons. The maximum Gasteiger partial charge on any atom is 0.136 e. The van der Waals surface area contributed by atoms with Gasteiger partial charge in [0.2, 0.25) is 0 Å². The van der Waals surface area contributed by atoms with Gasteiger partial charge in [-0.1, -0.05) is 29.5 Å². The third-order valence-corrected chi connectivity index (χ3v) is 4.53. The Bertz CT molecular complexity index is 1280. The molecule has 0 amide bonds. The number of benzene rings is 3. The molecule has 0 fully saturated rings. The van der Waals surface area contributed by atoms with Crippen LogP contribution in [0.4, 0.5) is 0 Å². The molecule has 6 heteroatoms. The summed E-state index contributed by atoms with van der Waals surface area (Å²) in [5.74, 6) is 1.74. The SMILES string of the molecule is Oc1ccc(-n2cc(-c3ccc4c(Oc5ccccc5)cccc4n3)nn2)cc1. The number of para-hydroxylation sites is 1. The first-order valence-electron chi connectivity index (χ1n) is 9.11. The van der Waals surface area contributed by atoms with Crippen LogP contribution in [0.2, 0.25) is 0 Å². The van der Waals surface area contributed by atoms with Crippen LogP contribution in [0.15, 0.2) is 91.1 Å². The highest BCUT2D eigenvalue weighted by Crippen LogP contribution is 2.30. The summed E-state index contributed by atoms with van der Waals surface area (Å²) in [5.41, 5.74) is 3.00. The van der Waals surface area contributed by atoms with E-state index < -0.39 is 0 Å². The number of ether oxygens (including phenoxy) is 1. The lowest BCUT2D eigenvalue weighted by Crippen LogP contribution is -1.93. The van der Waals surface area contributed by atoms with Crippen molar-refractivity contribution in [3.63, 3.8) is 0 Å². The average molecular weight is 380 g/mol. The van der Waals surface area contributed by atoms with Crippen LogP contribution in [0.25, 0.3) is 28.0 Å². The Hall–Kier alpha value is -4.19. The quantitative estimate of drug-likeness (QED) is 0.476. The van der Waals surface area contributed by atoms with Gasteiger partial charge in [0.15, 0.2) is 0 Å². The highest BCUT2D eigenvalue weighted by molar-refractivity contribution is 5.87. The Balaban J connectivity index is 1.48. The van der Waals surface area contributed by atoms with E-state index in [1.165, 1.54) is 0 Å². The van der Waals surface area contributed by atoms with Gasteiger partial charge in [0.1, 0.15) is 22.9 Å². The average Bonchev–Trinajstić information content (AvgIpc) is 3.25. The number of fused-ring (bicyclic) bond motifs is 1. The zero-order chi connectivity index (χ0) is 19.6. The number of aromatic nitrogens is 4. The number of aromatic hydroxyl groups is 1. The van der Waals surface area contributed by atoms with Crippen LogP contribution in [0.5, 0.6) is 17.2 Å². The predicted molar refractivity (Wildman–Crippen MR) is 110 cm³/mol. The molecular weight excluding hydrogens is 364 g/mol. The maximum absolute atomic E-state index is 9.44. The number of nitrogens with zero attached hydrogens (tertiary/aromatic N) is 4. The first kappa shape index (κ1) is 16.9. The summed E-state index contributed by atoms with van der Waals surface area (Å²) < 4.78 is 7.66. The Morgan fingerprint density at radius 1 is 0.759 bits per heavy atom. The van der Waals surface area contributed by atoms with E-state index in [9.17, 15) is 5.11 Å². The number of hydrogen-bond acceptors (Lipinski definition) is 5. The van der Waals surface area contributed by atoms with E-state index in [2.05, 4.69) is 10.3 Å². The Kier molecular flexibility index (Phi) is 4.14. The number of phenols is 1. The topological polar surface area (TPSA) is 73.1 Å². The van der Waals surface area contributed by atoms with Gasteiger partial charge in [-0.15, -0.1) is 5.10 Å². The third kappa shape index (κ3) is 3.39. The molecule has 0 aliphatic carbocycles. The number of rotatable bonds is 4. The highest BCUT2D eigenvalue weighted by Gasteiger charge is 2.10. The molecule has 29 heavy (non-hydrogen) atoms. The summed E-state index contributed by atoms with van der Waals surface area (Å²) >= 11 is 0. The van der Waals surface area contributed by atoms with Gasteiger partial charge in [0.05, 0.1) is 23.1 Å². The van der Waals surface area contributed by atoms with Crippen LogP contribution in [0, 0.1) is 0 Å². The van der Waals surface area contributed by atoms with Crippen molar-refractivity contribution in [2.24, 2.45) is 0 Å².